The Hall–Kier alpha value is -1.77. The van der Waals surface area contributed by atoms with E-state index < -0.39 is 0 Å². The van der Waals surface area contributed by atoms with Gasteiger partial charge in [-0.1, -0.05) is 6.92 Å². The predicted molar refractivity (Wildman–Crippen MR) is 60.5 cm³/mol. The number of H-pyrrole nitrogens is 1. The smallest absolute Gasteiger partial charge is 0.256 e. The topological polar surface area (TPSA) is 42.1 Å². The quantitative estimate of drug-likeness (QED) is 0.812. The number of methoxy groups -OCH3 is 1. The Morgan fingerprint density at radius 2 is 2.13 bits per heavy atom. The van der Waals surface area contributed by atoms with Crippen LogP contribution in [0.2, 0.25) is 0 Å². The summed E-state index contributed by atoms with van der Waals surface area (Å²) in [4.78, 5) is 14.5. The molecule has 1 aromatic heterocycles. The maximum Gasteiger partial charge on any atom is 0.256 e. The van der Waals surface area contributed by atoms with E-state index in [1.165, 1.54) is 0 Å². The van der Waals surface area contributed by atoms with E-state index in [4.69, 9.17) is 4.74 Å². The molecule has 1 heterocycles. The van der Waals surface area contributed by atoms with E-state index in [0.29, 0.717) is 5.39 Å². The maximum absolute atomic E-state index is 11.7. The average Bonchev–Trinajstić information content (AvgIpc) is 2.28. The number of hydrogen-bond donors (Lipinski definition) is 1. The summed E-state index contributed by atoms with van der Waals surface area (Å²) >= 11 is 0. The first-order chi connectivity index (χ1) is 7.24. The molecule has 0 aliphatic carbocycles. The summed E-state index contributed by atoms with van der Waals surface area (Å²) in [5, 5.41) is 1.63. The number of benzene rings is 1. The fourth-order valence-corrected chi connectivity index (χ4v) is 1.62. The minimum absolute atomic E-state index is 0.0352. The normalized spacial score (nSPS) is 10.5. The van der Waals surface area contributed by atoms with Crippen molar-refractivity contribution in [2.24, 2.45) is 0 Å². The number of aryl methyl sites for hydroxylation is 1. The fourth-order valence-electron chi connectivity index (χ4n) is 1.62. The third-order valence-electron chi connectivity index (χ3n) is 2.49. The lowest BCUT2D eigenvalue weighted by molar-refractivity contribution is 0.415. The standard InChI is InChI=1S/C12H13NO2/c1-3-9-6-8-7-10(15-2)4-5-11(8)12(14)13-9/h4-7H,3H2,1-2H3,(H,13,14). The zero-order valence-corrected chi connectivity index (χ0v) is 8.83. The van der Waals surface area contributed by atoms with Crippen molar-refractivity contribution < 1.29 is 4.74 Å². The molecule has 1 N–H and O–H groups in total. The highest BCUT2D eigenvalue weighted by Crippen LogP contribution is 2.18. The maximum atomic E-state index is 11.7. The van der Waals surface area contributed by atoms with Crippen LogP contribution in [-0.4, -0.2) is 12.1 Å². The van der Waals surface area contributed by atoms with Crippen molar-refractivity contribution in [1.29, 1.82) is 0 Å². The largest absolute Gasteiger partial charge is 0.497 e. The summed E-state index contributed by atoms with van der Waals surface area (Å²) in [5.41, 5.74) is 0.910. The Morgan fingerprint density at radius 1 is 1.33 bits per heavy atom. The van der Waals surface area contributed by atoms with Crippen LogP contribution in [-0.2, 0) is 6.42 Å². The van der Waals surface area contributed by atoms with Gasteiger partial charge in [-0.2, -0.15) is 0 Å². The van der Waals surface area contributed by atoms with E-state index in [9.17, 15) is 4.79 Å². The molecule has 15 heavy (non-hydrogen) atoms. The van der Waals surface area contributed by atoms with Crippen LogP contribution >= 0.6 is 0 Å². The Balaban J connectivity index is 2.75. The molecule has 0 aliphatic rings. The molecule has 0 saturated heterocycles. The van der Waals surface area contributed by atoms with Crippen LogP contribution in [0, 0.1) is 0 Å². The molecule has 2 aromatic rings. The minimum Gasteiger partial charge on any atom is -0.497 e. The Morgan fingerprint density at radius 3 is 2.80 bits per heavy atom. The van der Waals surface area contributed by atoms with Gasteiger partial charge in [0.2, 0.25) is 0 Å². The fraction of sp³-hybridized carbons (Fsp3) is 0.250. The number of rotatable bonds is 2. The van der Waals surface area contributed by atoms with Crippen LogP contribution in [0.25, 0.3) is 10.8 Å². The van der Waals surface area contributed by atoms with E-state index >= 15 is 0 Å². The molecule has 0 spiro atoms. The van der Waals surface area contributed by atoms with Crippen molar-refractivity contribution >= 4 is 10.8 Å². The molecule has 2 rings (SSSR count). The Bertz CT molecular complexity index is 538. The predicted octanol–water partition coefficient (Wildman–Crippen LogP) is 2.10. The highest BCUT2D eigenvalue weighted by atomic mass is 16.5. The number of pyridine rings is 1. The van der Waals surface area contributed by atoms with Crippen molar-refractivity contribution in [3.63, 3.8) is 0 Å². The SMILES string of the molecule is CCc1cc2cc(OC)ccc2c(=O)[nH]1. The number of nitrogens with one attached hydrogen (secondary N) is 1. The first-order valence-electron chi connectivity index (χ1n) is 4.94. The molecule has 0 unspecified atom stereocenters. The summed E-state index contributed by atoms with van der Waals surface area (Å²) < 4.78 is 5.12. The second-order valence-electron chi connectivity index (χ2n) is 3.43. The molecule has 0 bridgehead atoms. The summed E-state index contributed by atoms with van der Waals surface area (Å²) in [6.45, 7) is 2.01. The second-order valence-corrected chi connectivity index (χ2v) is 3.43. The zero-order valence-electron chi connectivity index (χ0n) is 8.83. The first-order valence-corrected chi connectivity index (χ1v) is 4.94. The van der Waals surface area contributed by atoms with Gasteiger partial charge in [-0.25, -0.2) is 0 Å². The molecule has 0 radical (unpaired) electrons. The lowest BCUT2D eigenvalue weighted by atomic mass is 10.1. The van der Waals surface area contributed by atoms with E-state index in [1.54, 1.807) is 19.2 Å². The number of aromatic nitrogens is 1. The highest BCUT2D eigenvalue weighted by molar-refractivity contribution is 5.83. The summed E-state index contributed by atoms with van der Waals surface area (Å²) in [7, 11) is 1.62. The molecule has 0 atom stereocenters. The Kier molecular flexibility index (Phi) is 2.46. The van der Waals surface area contributed by atoms with Crippen LogP contribution in [0.5, 0.6) is 5.75 Å². The highest BCUT2D eigenvalue weighted by Gasteiger charge is 2.02. The molecule has 0 fully saturated rings. The van der Waals surface area contributed by atoms with E-state index in [1.807, 2.05) is 19.1 Å². The third-order valence-corrected chi connectivity index (χ3v) is 2.49. The number of hydrogen-bond acceptors (Lipinski definition) is 2. The summed E-state index contributed by atoms with van der Waals surface area (Å²) in [6, 6.07) is 7.44. The zero-order chi connectivity index (χ0) is 10.8. The van der Waals surface area contributed by atoms with E-state index in [-0.39, 0.29) is 5.56 Å². The van der Waals surface area contributed by atoms with Crippen molar-refractivity contribution in [2.45, 2.75) is 13.3 Å². The molecule has 1 aromatic carbocycles. The van der Waals surface area contributed by atoms with Crippen LogP contribution in [0.1, 0.15) is 12.6 Å². The molecule has 78 valence electrons. The van der Waals surface area contributed by atoms with Crippen LogP contribution in [0.15, 0.2) is 29.1 Å². The molecule has 0 saturated carbocycles. The molecular formula is C12H13NO2. The van der Waals surface area contributed by atoms with Gasteiger partial charge in [0.05, 0.1) is 7.11 Å². The van der Waals surface area contributed by atoms with Gasteiger partial charge in [-0.3, -0.25) is 4.79 Å². The van der Waals surface area contributed by atoms with Gasteiger partial charge in [0.1, 0.15) is 5.75 Å². The van der Waals surface area contributed by atoms with Crippen molar-refractivity contribution in [3.05, 3.63) is 40.3 Å². The van der Waals surface area contributed by atoms with Crippen LogP contribution in [0.4, 0.5) is 0 Å². The molecule has 0 amide bonds. The molecular weight excluding hydrogens is 190 g/mol. The third kappa shape index (κ3) is 1.73. The van der Waals surface area contributed by atoms with Crippen molar-refractivity contribution in [2.75, 3.05) is 7.11 Å². The minimum atomic E-state index is -0.0352. The average molecular weight is 203 g/mol. The number of aromatic amines is 1. The van der Waals surface area contributed by atoms with Gasteiger partial charge >= 0.3 is 0 Å². The van der Waals surface area contributed by atoms with Gasteiger partial charge in [0, 0.05) is 11.1 Å². The summed E-state index contributed by atoms with van der Waals surface area (Å²) in [6.07, 6.45) is 0.822. The van der Waals surface area contributed by atoms with Gasteiger partial charge in [-0.15, -0.1) is 0 Å². The molecule has 0 aliphatic heterocycles. The number of ether oxygens (including phenoxy) is 1. The lowest BCUT2D eigenvalue weighted by Gasteiger charge is -2.03. The molecule has 3 heteroatoms. The van der Waals surface area contributed by atoms with Crippen molar-refractivity contribution in [3.8, 4) is 5.75 Å². The number of fused-ring (bicyclic) bond motifs is 1. The van der Waals surface area contributed by atoms with Crippen molar-refractivity contribution in [1.82, 2.24) is 4.98 Å². The van der Waals surface area contributed by atoms with E-state index in [0.717, 1.165) is 23.3 Å². The summed E-state index contributed by atoms with van der Waals surface area (Å²) in [5.74, 6) is 0.773. The first kappa shape index (κ1) is 9.77. The van der Waals surface area contributed by atoms with Gasteiger partial charge in [-0.05, 0) is 36.1 Å². The van der Waals surface area contributed by atoms with Crippen LogP contribution in [0.3, 0.4) is 0 Å². The van der Waals surface area contributed by atoms with Gasteiger partial charge in [0.15, 0.2) is 0 Å². The lowest BCUT2D eigenvalue weighted by Crippen LogP contribution is -2.08. The van der Waals surface area contributed by atoms with Gasteiger partial charge < -0.3 is 9.72 Å². The van der Waals surface area contributed by atoms with Gasteiger partial charge in [0.25, 0.3) is 5.56 Å². The van der Waals surface area contributed by atoms with E-state index in [2.05, 4.69) is 4.98 Å². The van der Waals surface area contributed by atoms with Crippen LogP contribution < -0.4 is 10.3 Å². The molecule has 3 nitrogen and oxygen atoms in total. The second kappa shape index (κ2) is 3.77. The monoisotopic (exact) mass is 203 g/mol. The Labute approximate surface area is 87.7 Å².